The summed E-state index contributed by atoms with van der Waals surface area (Å²) in [5.74, 6) is -2.82. The Labute approximate surface area is 116 Å². The maximum Gasteiger partial charge on any atom is 0.335 e. The third-order valence-corrected chi connectivity index (χ3v) is 1.68. The molecule has 0 aromatic rings. The molecular formula is C13H18O7. The molecule has 0 aromatic carbocycles. The molecule has 0 radical (unpaired) electrons. The average Bonchev–Trinajstić information content (AvgIpc) is 2.35. The van der Waals surface area contributed by atoms with Crippen molar-refractivity contribution < 1.29 is 34.4 Å². The van der Waals surface area contributed by atoms with Crippen molar-refractivity contribution in [2.75, 3.05) is 13.2 Å². The van der Waals surface area contributed by atoms with Crippen LogP contribution < -0.4 is 0 Å². The highest BCUT2D eigenvalue weighted by atomic mass is 16.5. The second-order valence-electron chi connectivity index (χ2n) is 3.60. The van der Waals surface area contributed by atoms with E-state index in [1.54, 1.807) is 6.92 Å². The first-order valence-corrected chi connectivity index (χ1v) is 5.40. The Bertz CT molecular complexity index is 432. The second-order valence-corrected chi connectivity index (χ2v) is 3.60. The van der Waals surface area contributed by atoms with Crippen LogP contribution in [0.5, 0.6) is 0 Å². The Morgan fingerprint density at radius 1 is 1.10 bits per heavy atom. The van der Waals surface area contributed by atoms with Crippen LogP contribution in [0.4, 0.5) is 0 Å². The number of aliphatic hydroxyl groups is 1. The lowest BCUT2D eigenvalue weighted by Crippen LogP contribution is -2.08. The number of carbonyl (C=O) groups is 3. The molecule has 20 heavy (non-hydrogen) atoms. The normalized spacial score (nSPS) is 9.85. The van der Waals surface area contributed by atoms with Gasteiger partial charge in [0.25, 0.3) is 0 Å². The topological polar surface area (TPSA) is 121 Å². The molecule has 7 heteroatoms. The molecule has 0 saturated heterocycles. The molecule has 0 atom stereocenters. The van der Waals surface area contributed by atoms with E-state index in [4.69, 9.17) is 15.3 Å². The van der Waals surface area contributed by atoms with E-state index in [2.05, 4.69) is 17.9 Å². The van der Waals surface area contributed by atoms with E-state index in [0.717, 1.165) is 6.08 Å². The fourth-order valence-corrected chi connectivity index (χ4v) is 0.646. The number of carboxylic acids is 2. The Morgan fingerprint density at radius 3 is 1.90 bits per heavy atom. The van der Waals surface area contributed by atoms with E-state index in [0.29, 0.717) is 5.57 Å². The Kier molecular flexibility index (Phi) is 10.5. The zero-order valence-corrected chi connectivity index (χ0v) is 11.4. The summed E-state index contributed by atoms with van der Waals surface area (Å²) in [6.45, 7) is 9.25. The molecule has 0 spiro atoms. The van der Waals surface area contributed by atoms with E-state index in [9.17, 15) is 14.4 Å². The summed E-state index contributed by atoms with van der Waals surface area (Å²) >= 11 is 0. The van der Waals surface area contributed by atoms with Crippen LogP contribution >= 0.6 is 0 Å². The van der Waals surface area contributed by atoms with Gasteiger partial charge in [0, 0.05) is 11.1 Å². The third-order valence-electron chi connectivity index (χ3n) is 1.68. The Balaban J connectivity index is 0. The monoisotopic (exact) mass is 286 g/mol. The van der Waals surface area contributed by atoms with Gasteiger partial charge in [-0.1, -0.05) is 13.2 Å². The maximum atomic E-state index is 10.5. The summed E-state index contributed by atoms with van der Waals surface area (Å²) in [5, 5.41) is 24.8. The number of carboxylic acid groups (broad SMARTS) is 2. The number of aliphatic carboxylic acids is 2. The van der Waals surface area contributed by atoms with Crippen LogP contribution in [0.1, 0.15) is 13.8 Å². The van der Waals surface area contributed by atoms with Crippen LogP contribution in [0.3, 0.4) is 0 Å². The molecule has 0 heterocycles. The molecule has 0 fully saturated rings. The average molecular weight is 286 g/mol. The molecule has 112 valence electrons. The van der Waals surface area contributed by atoms with Gasteiger partial charge in [0.2, 0.25) is 0 Å². The Hall–Kier alpha value is -2.41. The van der Waals surface area contributed by atoms with Crippen molar-refractivity contribution >= 4 is 17.9 Å². The minimum atomic E-state index is -1.22. The molecule has 0 rings (SSSR count). The SMILES string of the molecule is C=C(C)C(=O)OCCO.C=C(C=C(C)C(=O)O)C(=O)O. The highest BCUT2D eigenvalue weighted by Crippen LogP contribution is 1.99. The van der Waals surface area contributed by atoms with E-state index < -0.39 is 17.9 Å². The van der Waals surface area contributed by atoms with Crippen LogP contribution in [-0.2, 0) is 19.1 Å². The molecule has 0 unspecified atom stereocenters. The summed E-state index contributed by atoms with van der Waals surface area (Å²) in [4.78, 5) is 30.7. The van der Waals surface area contributed by atoms with Crippen molar-refractivity contribution in [3.63, 3.8) is 0 Å². The molecule has 0 saturated carbocycles. The molecule has 0 aliphatic rings. The van der Waals surface area contributed by atoms with E-state index >= 15 is 0 Å². The molecular weight excluding hydrogens is 268 g/mol. The standard InChI is InChI=1S/C7H8O4.C6H10O3/c1-4(6(8)9)3-5(2)7(10)11;1-5(2)6(8)9-4-3-7/h3H,1H2,2H3,(H,8,9)(H,10,11);7H,1,3-4H2,2H3. The number of rotatable bonds is 6. The number of hydrogen-bond acceptors (Lipinski definition) is 5. The molecule has 0 aliphatic carbocycles. The van der Waals surface area contributed by atoms with E-state index in [1.165, 1.54) is 6.92 Å². The van der Waals surface area contributed by atoms with Gasteiger partial charge in [0.05, 0.1) is 12.2 Å². The minimum absolute atomic E-state index is 0.0441. The number of carbonyl (C=O) groups excluding carboxylic acids is 1. The first-order valence-electron chi connectivity index (χ1n) is 5.40. The Morgan fingerprint density at radius 2 is 1.60 bits per heavy atom. The van der Waals surface area contributed by atoms with Crippen LogP contribution in [0, 0.1) is 0 Å². The van der Waals surface area contributed by atoms with E-state index in [1.807, 2.05) is 0 Å². The summed E-state index contributed by atoms with van der Waals surface area (Å²) in [5.41, 5.74) is 0.0748. The van der Waals surface area contributed by atoms with Gasteiger partial charge >= 0.3 is 17.9 Å². The number of aliphatic hydroxyl groups excluding tert-OH is 1. The van der Waals surface area contributed by atoms with Crippen LogP contribution in [0.25, 0.3) is 0 Å². The lowest BCUT2D eigenvalue weighted by Gasteiger charge is -1.99. The van der Waals surface area contributed by atoms with Crippen LogP contribution in [-0.4, -0.2) is 46.4 Å². The lowest BCUT2D eigenvalue weighted by molar-refractivity contribution is -0.140. The number of esters is 1. The lowest BCUT2D eigenvalue weighted by atomic mass is 10.2. The number of hydrogen-bond donors (Lipinski definition) is 3. The predicted octanol–water partition coefficient (Wildman–Crippen LogP) is 0.756. The van der Waals surface area contributed by atoms with Crippen molar-refractivity contribution in [3.05, 3.63) is 36.0 Å². The second kappa shape index (κ2) is 10.5. The van der Waals surface area contributed by atoms with Gasteiger partial charge in [0.15, 0.2) is 0 Å². The molecule has 0 amide bonds. The van der Waals surface area contributed by atoms with Gasteiger partial charge in [-0.3, -0.25) is 0 Å². The van der Waals surface area contributed by atoms with Crippen molar-refractivity contribution in [2.45, 2.75) is 13.8 Å². The highest BCUT2D eigenvalue weighted by Gasteiger charge is 2.04. The van der Waals surface area contributed by atoms with Crippen LogP contribution in [0.15, 0.2) is 36.0 Å². The van der Waals surface area contributed by atoms with Gasteiger partial charge in [-0.25, -0.2) is 14.4 Å². The molecule has 0 aromatic heterocycles. The smallest absolute Gasteiger partial charge is 0.335 e. The highest BCUT2D eigenvalue weighted by molar-refractivity contribution is 5.93. The summed E-state index contributed by atoms with van der Waals surface area (Å²) in [6, 6.07) is 0. The van der Waals surface area contributed by atoms with Crippen molar-refractivity contribution in [3.8, 4) is 0 Å². The predicted molar refractivity (Wildman–Crippen MR) is 71.0 cm³/mol. The van der Waals surface area contributed by atoms with Gasteiger partial charge in [-0.15, -0.1) is 0 Å². The van der Waals surface area contributed by atoms with Gasteiger partial charge in [-0.2, -0.15) is 0 Å². The zero-order chi connectivity index (χ0) is 16.3. The molecule has 0 bridgehead atoms. The van der Waals surface area contributed by atoms with Gasteiger partial charge in [0.1, 0.15) is 6.61 Å². The summed E-state index contributed by atoms with van der Waals surface area (Å²) in [7, 11) is 0. The molecule has 0 aliphatic heterocycles. The largest absolute Gasteiger partial charge is 0.478 e. The summed E-state index contributed by atoms with van der Waals surface area (Å²) in [6.07, 6.45) is 1.00. The molecule has 3 N–H and O–H groups in total. The fraction of sp³-hybridized carbons (Fsp3) is 0.308. The summed E-state index contributed by atoms with van der Waals surface area (Å²) < 4.78 is 4.46. The number of ether oxygens (including phenoxy) is 1. The van der Waals surface area contributed by atoms with Crippen molar-refractivity contribution in [1.82, 2.24) is 0 Å². The van der Waals surface area contributed by atoms with Crippen molar-refractivity contribution in [1.29, 1.82) is 0 Å². The van der Waals surface area contributed by atoms with Gasteiger partial charge in [-0.05, 0) is 19.9 Å². The quantitative estimate of drug-likeness (QED) is 0.374. The first kappa shape index (κ1) is 19.9. The van der Waals surface area contributed by atoms with Gasteiger partial charge < -0.3 is 20.1 Å². The molecule has 7 nitrogen and oxygen atoms in total. The fourth-order valence-electron chi connectivity index (χ4n) is 0.646. The minimum Gasteiger partial charge on any atom is -0.478 e. The zero-order valence-electron chi connectivity index (χ0n) is 11.4. The first-order chi connectivity index (χ1) is 9.13. The maximum absolute atomic E-state index is 10.5. The third kappa shape index (κ3) is 10.7. The van der Waals surface area contributed by atoms with E-state index in [-0.39, 0.29) is 24.4 Å². The van der Waals surface area contributed by atoms with Crippen molar-refractivity contribution in [2.24, 2.45) is 0 Å². The van der Waals surface area contributed by atoms with Crippen LogP contribution in [0.2, 0.25) is 0 Å².